The molecule has 1 saturated heterocycles. The van der Waals surface area contributed by atoms with E-state index in [0.29, 0.717) is 26.0 Å². The Morgan fingerprint density at radius 2 is 2.47 bits per heavy atom. The molecule has 0 bridgehead atoms. The zero-order valence-corrected chi connectivity index (χ0v) is 9.21. The van der Waals surface area contributed by atoms with Crippen molar-refractivity contribution in [1.29, 1.82) is 5.26 Å². The van der Waals surface area contributed by atoms with E-state index in [1.54, 1.807) is 6.92 Å². The SMILES string of the molecule is CCOC(=O)CCC1(C#N)CCCNC1. The van der Waals surface area contributed by atoms with Crippen LogP contribution in [-0.4, -0.2) is 25.7 Å². The molecular weight excluding hydrogens is 192 g/mol. The van der Waals surface area contributed by atoms with Crippen LogP contribution in [0.4, 0.5) is 0 Å². The Hall–Kier alpha value is -1.08. The zero-order chi connectivity index (χ0) is 11.1. The maximum atomic E-state index is 11.2. The second kappa shape index (κ2) is 5.72. The van der Waals surface area contributed by atoms with Crippen molar-refractivity contribution in [2.45, 2.75) is 32.6 Å². The number of piperidine rings is 1. The third-order valence-corrected chi connectivity index (χ3v) is 2.82. The lowest BCUT2D eigenvalue weighted by molar-refractivity contribution is -0.143. The Labute approximate surface area is 90.6 Å². The standard InChI is InChI=1S/C11H18N2O2/c1-2-15-10(14)4-6-11(8-12)5-3-7-13-9-11/h13H,2-7,9H2,1H3. The molecule has 0 amide bonds. The van der Waals surface area contributed by atoms with Crippen LogP contribution < -0.4 is 5.32 Å². The molecule has 0 aromatic rings. The summed E-state index contributed by atoms with van der Waals surface area (Å²) in [5, 5.41) is 12.3. The molecule has 1 atom stereocenters. The van der Waals surface area contributed by atoms with Crippen molar-refractivity contribution in [3.8, 4) is 6.07 Å². The maximum absolute atomic E-state index is 11.2. The number of rotatable bonds is 4. The van der Waals surface area contributed by atoms with Crippen LogP contribution in [0.5, 0.6) is 0 Å². The van der Waals surface area contributed by atoms with Crippen LogP contribution in [0.1, 0.15) is 32.6 Å². The number of hydrogen-bond donors (Lipinski definition) is 1. The van der Waals surface area contributed by atoms with Gasteiger partial charge in [-0.3, -0.25) is 4.79 Å². The van der Waals surface area contributed by atoms with Gasteiger partial charge in [-0.15, -0.1) is 0 Å². The van der Waals surface area contributed by atoms with Crippen molar-refractivity contribution in [2.24, 2.45) is 5.41 Å². The van der Waals surface area contributed by atoms with E-state index >= 15 is 0 Å². The van der Waals surface area contributed by atoms with E-state index in [4.69, 9.17) is 10.00 Å². The van der Waals surface area contributed by atoms with Crippen LogP contribution in [0.3, 0.4) is 0 Å². The van der Waals surface area contributed by atoms with Crippen molar-refractivity contribution in [3.63, 3.8) is 0 Å². The summed E-state index contributed by atoms with van der Waals surface area (Å²) in [5.74, 6) is -0.197. The molecule has 1 fully saturated rings. The van der Waals surface area contributed by atoms with Gasteiger partial charge in [0.25, 0.3) is 0 Å². The second-order valence-electron chi connectivity index (χ2n) is 3.98. The van der Waals surface area contributed by atoms with Gasteiger partial charge in [0.05, 0.1) is 18.1 Å². The molecule has 1 aliphatic rings. The van der Waals surface area contributed by atoms with Gasteiger partial charge >= 0.3 is 5.97 Å². The molecule has 1 heterocycles. The first-order valence-electron chi connectivity index (χ1n) is 5.50. The van der Waals surface area contributed by atoms with Gasteiger partial charge in [0.15, 0.2) is 0 Å². The molecular formula is C11H18N2O2. The van der Waals surface area contributed by atoms with E-state index in [-0.39, 0.29) is 11.4 Å². The van der Waals surface area contributed by atoms with Gasteiger partial charge in [-0.25, -0.2) is 0 Å². The first-order valence-corrected chi connectivity index (χ1v) is 5.50. The number of esters is 1. The predicted molar refractivity (Wildman–Crippen MR) is 56.0 cm³/mol. The Bertz CT molecular complexity index is 252. The van der Waals surface area contributed by atoms with Gasteiger partial charge in [0.2, 0.25) is 0 Å². The molecule has 0 spiro atoms. The van der Waals surface area contributed by atoms with Crippen molar-refractivity contribution in [1.82, 2.24) is 5.32 Å². The lowest BCUT2D eigenvalue weighted by Gasteiger charge is -2.30. The third-order valence-electron chi connectivity index (χ3n) is 2.82. The summed E-state index contributed by atoms with van der Waals surface area (Å²) in [7, 11) is 0. The van der Waals surface area contributed by atoms with E-state index < -0.39 is 0 Å². The highest BCUT2D eigenvalue weighted by Gasteiger charge is 2.32. The highest BCUT2D eigenvalue weighted by atomic mass is 16.5. The minimum atomic E-state index is -0.356. The number of nitriles is 1. The minimum Gasteiger partial charge on any atom is -0.466 e. The molecule has 1 unspecified atom stereocenters. The van der Waals surface area contributed by atoms with E-state index in [2.05, 4.69) is 11.4 Å². The number of hydrogen-bond acceptors (Lipinski definition) is 4. The Morgan fingerprint density at radius 3 is 3.00 bits per heavy atom. The molecule has 1 rings (SSSR count). The number of carbonyl (C=O) groups is 1. The topological polar surface area (TPSA) is 62.1 Å². The van der Waals surface area contributed by atoms with Crippen LogP contribution in [0.15, 0.2) is 0 Å². The van der Waals surface area contributed by atoms with Gasteiger partial charge in [-0.2, -0.15) is 5.26 Å². The van der Waals surface area contributed by atoms with Gasteiger partial charge in [0, 0.05) is 13.0 Å². The van der Waals surface area contributed by atoms with Crippen LogP contribution in [0, 0.1) is 16.7 Å². The Kier molecular flexibility index (Phi) is 4.57. The first-order chi connectivity index (χ1) is 7.22. The first kappa shape index (κ1) is 12.0. The van der Waals surface area contributed by atoms with E-state index in [1.165, 1.54) is 0 Å². The number of nitrogens with zero attached hydrogens (tertiary/aromatic N) is 1. The molecule has 0 aromatic carbocycles. The predicted octanol–water partition coefficient (Wildman–Crippen LogP) is 1.22. The summed E-state index contributed by atoms with van der Waals surface area (Å²) in [6.07, 6.45) is 2.85. The molecule has 0 aliphatic carbocycles. The van der Waals surface area contributed by atoms with Crippen LogP contribution in [0.2, 0.25) is 0 Å². The fraction of sp³-hybridized carbons (Fsp3) is 0.818. The van der Waals surface area contributed by atoms with Gasteiger partial charge in [-0.05, 0) is 32.7 Å². The summed E-state index contributed by atoms with van der Waals surface area (Å²) >= 11 is 0. The molecule has 1 N–H and O–H groups in total. The van der Waals surface area contributed by atoms with Crippen LogP contribution in [-0.2, 0) is 9.53 Å². The molecule has 0 aromatic heterocycles. The highest BCUT2D eigenvalue weighted by Crippen LogP contribution is 2.30. The summed E-state index contributed by atoms with van der Waals surface area (Å²) in [5.41, 5.74) is -0.356. The Balaban J connectivity index is 2.40. The second-order valence-corrected chi connectivity index (χ2v) is 3.98. The van der Waals surface area contributed by atoms with Gasteiger partial charge < -0.3 is 10.1 Å². The maximum Gasteiger partial charge on any atom is 0.305 e. The number of nitrogens with one attached hydrogen (secondary N) is 1. The average molecular weight is 210 g/mol. The molecule has 4 heteroatoms. The summed E-state index contributed by atoms with van der Waals surface area (Å²) in [6, 6.07) is 2.34. The van der Waals surface area contributed by atoms with Crippen molar-refractivity contribution in [2.75, 3.05) is 19.7 Å². The monoisotopic (exact) mass is 210 g/mol. The summed E-state index contributed by atoms with van der Waals surface area (Å²) in [4.78, 5) is 11.2. The van der Waals surface area contributed by atoms with Crippen molar-refractivity contribution >= 4 is 5.97 Å². The van der Waals surface area contributed by atoms with E-state index in [9.17, 15) is 4.79 Å². The molecule has 0 radical (unpaired) electrons. The molecule has 84 valence electrons. The minimum absolute atomic E-state index is 0.197. The lowest BCUT2D eigenvalue weighted by Crippen LogP contribution is -2.39. The molecule has 4 nitrogen and oxygen atoms in total. The number of ether oxygens (including phenoxy) is 1. The van der Waals surface area contributed by atoms with E-state index in [0.717, 1.165) is 19.4 Å². The fourth-order valence-corrected chi connectivity index (χ4v) is 1.91. The molecule has 1 aliphatic heterocycles. The van der Waals surface area contributed by atoms with Crippen LogP contribution in [0.25, 0.3) is 0 Å². The van der Waals surface area contributed by atoms with E-state index in [1.807, 2.05) is 0 Å². The number of carbonyl (C=O) groups excluding carboxylic acids is 1. The smallest absolute Gasteiger partial charge is 0.305 e. The summed E-state index contributed by atoms with van der Waals surface area (Å²) < 4.78 is 4.85. The average Bonchev–Trinajstić information content (AvgIpc) is 2.28. The quantitative estimate of drug-likeness (QED) is 0.709. The largest absolute Gasteiger partial charge is 0.466 e. The zero-order valence-electron chi connectivity index (χ0n) is 9.21. The Morgan fingerprint density at radius 1 is 1.67 bits per heavy atom. The molecule has 15 heavy (non-hydrogen) atoms. The fourth-order valence-electron chi connectivity index (χ4n) is 1.91. The third kappa shape index (κ3) is 3.52. The normalized spacial score (nSPS) is 25.6. The molecule has 0 saturated carbocycles. The lowest BCUT2D eigenvalue weighted by atomic mass is 9.78. The summed E-state index contributed by atoms with van der Waals surface area (Å²) in [6.45, 7) is 3.88. The van der Waals surface area contributed by atoms with Crippen LogP contribution >= 0.6 is 0 Å². The highest BCUT2D eigenvalue weighted by molar-refractivity contribution is 5.69. The van der Waals surface area contributed by atoms with Crippen molar-refractivity contribution in [3.05, 3.63) is 0 Å². The van der Waals surface area contributed by atoms with Gasteiger partial charge in [-0.1, -0.05) is 0 Å². The van der Waals surface area contributed by atoms with Gasteiger partial charge in [0.1, 0.15) is 0 Å². The van der Waals surface area contributed by atoms with Crippen molar-refractivity contribution < 1.29 is 9.53 Å².